The fraction of sp³-hybridized carbons (Fsp3) is 0. The van der Waals surface area contributed by atoms with Gasteiger partial charge in [-0.25, -0.2) is 15.0 Å². The number of hydrogen-bond donors (Lipinski definition) is 0. The van der Waals surface area contributed by atoms with Gasteiger partial charge in [-0.3, -0.25) is 0 Å². The smallest absolute Gasteiger partial charge is 0.164 e. The molecule has 5 heteroatoms. The second-order valence-electron chi connectivity index (χ2n) is 14.0. The van der Waals surface area contributed by atoms with E-state index < -0.39 is 0 Å². The fourth-order valence-electron chi connectivity index (χ4n) is 8.28. The SMILES string of the molecule is c1ccc(-c2nc(-c3ccccc3)nc(-c3ccc(-n4c5ccccc5c5ccc6c(c54)-c4ccccc4-c4ccccc4N6c4ccccc4)cc3)n2)cc1. The van der Waals surface area contributed by atoms with Crippen LogP contribution in [-0.4, -0.2) is 19.5 Å². The van der Waals surface area contributed by atoms with E-state index in [2.05, 4.69) is 149 Å². The van der Waals surface area contributed by atoms with E-state index in [1.807, 2.05) is 60.7 Å². The molecule has 5 nitrogen and oxygen atoms in total. The molecule has 0 spiro atoms. The van der Waals surface area contributed by atoms with E-state index in [1.54, 1.807) is 0 Å². The van der Waals surface area contributed by atoms with E-state index >= 15 is 0 Å². The minimum atomic E-state index is 0.630. The number of para-hydroxylation sites is 3. The molecule has 0 bridgehead atoms. The average molecular weight is 716 g/mol. The van der Waals surface area contributed by atoms with Crippen LogP contribution in [0.25, 0.3) is 83.9 Å². The number of rotatable bonds is 5. The number of benzene rings is 8. The van der Waals surface area contributed by atoms with Crippen molar-refractivity contribution in [2.24, 2.45) is 0 Å². The van der Waals surface area contributed by atoms with Crippen LogP contribution in [-0.2, 0) is 0 Å². The molecule has 0 unspecified atom stereocenters. The van der Waals surface area contributed by atoms with Gasteiger partial charge >= 0.3 is 0 Å². The molecule has 3 heterocycles. The van der Waals surface area contributed by atoms with E-state index in [4.69, 9.17) is 15.0 Å². The van der Waals surface area contributed by atoms with Gasteiger partial charge in [0.2, 0.25) is 0 Å². The summed E-state index contributed by atoms with van der Waals surface area (Å²) in [6, 6.07) is 70.5. The van der Waals surface area contributed by atoms with Gasteiger partial charge in [-0.05, 0) is 65.7 Å². The largest absolute Gasteiger partial charge is 0.309 e. The molecule has 0 aliphatic carbocycles. The molecule has 0 radical (unpaired) electrons. The zero-order valence-corrected chi connectivity index (χ0v) is 30.3. The van der Waals surface area contributed by atoms with Gasteiger partial charge in [-0.2, -0.15) is 0 Å². The summed E-state index contributed by atoms with van der Waals surface area (Å²) in [5.41, 5.74) is 14.4. The van der Waals surface area contributed by atoms with Crippen molar-refractivity contribution in [3.8, 4) is 62.1 Å². The normalized spacial score (nSPS) is 11.9. The highest BCUT2D eigenvalue weighted by Crippen LogP contribution is 2.54. The van der Waals surface area contributed by atoms with Crippen LogP contribution in [0.5, 0.6) is 0 Å². The zero-order chi connectivity index (χ0) is 37.0. The molecule has 0 fully saturated rings. The molecule has 11 rings (SSSR count). The second-order valence-corrected chi connectivity index (χ2v) is 14.0. The number of anilines is 3. The molecule has 0 saturated carbocycles. The first-order valence-corrected chi connectivity index (χ1v) is 18.9. The van der Waals surface area contributed by atoms with E-state index in [0.29, 0.717) is 17.5 Å². The molecule has 56 heavy (non-hydrogen) atoms. The molecule has 0 atom stereocenters. The van der Waals surface area contributed by atoms with Crippen molar-refractivity contribution < 1.29 is 0 Å². The lowest BCUT2D eigenvalue weighted by molar-refractivity contribution is 1.07. The quantitative estimate of drug-likeness (QED) is 0.178. The highest BCUT2D eigenvalue weighted by molar-refractivity contribution is 6.19. The number of nitrogens with zero attached hydrogens (tertiary/aromatic N) is 5. The molecule has 0 saturated heterocycles. The van der Waals surface area contributed by atoms with E-state index in [9.17, 15) is 0 Å². The van der Waals surface area contributed by atoms with Crippen LogP contribution in [0.4, 0.5) is 17.1 Å². The highest BCUT2D eigenvalue weighted by atomic mass is 15.2. The lowest BCUT2D eigenvalue weighted by Gasteiger charge is -2.27. The zero-order valence-electron chi connectivity index (χ0n) is 30.3. The van der Waals surface area contributed by atoms with Crippen molar-refractivity contribution in [2.75, 3.05) is 4.90 Å². The van der Waals surface area contributed by atoms with Gasteiger partial charge in [-0.1, -0.05) is 146 Å². The predicted octanol–water partition coefficient (Wildman–Crippen LogP) is 13.1. The Morgan fingerprint density at radius 3 is 1.50 bits per heavy atom. The lowest BCUT2D eigenvalue weighted by atomic mass is 9.93. The van der Waals surface area contributed by atoms with Crippen molar-refractivity contribution in [3.05, 3.63) is 200 Å². The van der Waals surface area contributed by atoms with E-state index in [1.165, 1.54) is 33.0 Å². The van der Waals surface area contributed by atoms with Gasteiger partial charge in [0, 0.05) is 50.0 Å². The summed E-state index contributed by atoms with van der Waals surface area (Å²) < 4.78 is 2.43. The van der Waals surface area contributed by atoms with Gasteiger partial charge < -0.3 is 9.47 Å². The monoisotopic (exact) mass is 715 g/mol. The molecule has 2 aromatic heterocycles. The maximum Gasteiger partial charge on any atom is 0.164 e. The number of aromatic nitrogens is 4. The summed E-state index contributed by atoms with van der Waals surface area (Å²) in [7, 11) is 0. The van der Waals surface area contributed by atoms with Crippen LogP contribution in [0.1, 0.15) is 0 Å². The molecule has 1 aliphatic heterocycles. The first kappa shape index (κ1) is 31.9. The van der Waals surface area contributed by atoms with Crippen LogP contribution in [0.15, 0.2) is 200 Å². The Hall–Kier alpha value is -7.63. The molecule has 1 aliphatic rings. The van der Waals surface area contributed by atoms with Gasteiger partial charge in [0.1, 0.15) is 0 Å². The molecule has 0 N–H and O–H groups in total. The van der Waals surface area contributed by atoms with Gasteiger partial charge in [0.05, 0.1) is 22.4 Å². The minimum Gasteiger partial charge on any atom is -0.309 e. The summed E-state index contributed by atoms with van der Waals surface area (Å²) in [6.07, 6.45) is 0. The summed E-state index contributed by atoms with van der Waals surface area (Å²) in [6.45, 7) is 0. The van der Waals surface area contributed by atoms with Crippen LogP contribution in [0.2, 0.25) is 0 Å². The van der Waals surface area contributed by atoms with Crippen molar-refractivity contribution >= 4 is 38.9 Å². The minimum absolute atomic E-state index is 0.630. The van der Waals surface area contributed by atoms with Gasteiger partial charge in [0.25, 0.3) is 0 Å². The maximum absolute atomic E-state index is 5.01. The molecule has 0 amide bonds. The van der Waals surface area contributed by atoms with Crippen molar-refractivity contribution in [1.82, 2.24) is 19.5 Å². The van der Waals surface area contributed by atoms with Crippen molar-refractivity contribution in [2.45, 2.75) is 0 Å². The fourth-order valence-corrected chi connectivity index (χ4v) is 8.28. The predicted molar refractivity (Wildman–Crippen MR) is 230 cm³/mol. The Balaban J connectivity index is 1.15. The van der Waals surface area contributed by atoms with Crippen molar-refractivity contribution in [1.29, 1.82) is 0 Å². The van der Waals surface area contributed by atoms with Crippen LogP contribution < -0.4 is 4.90 Å². The van der Waals surface area contributed by atoms with Crippen molar-refractivity contribution in [3.63, 3.8) is 0 Å². The Kier molecular flexibility index (Phi) is 7.42. The van der Waals surface area contributed by atoms with Crippen LogP contribution in [0.3, 0.4) is 0 Å². The molecule has 8 aromatic carbocycles. The molecular weight excluding hydrogens is 683 g/mol. The molecule has 10 aromatic rings. The Morgan fingerprint density at radius 1 is 0.321 bits per heavy atom. The molecular formula is C51H33N5. The highest BCUT2D eigenvalue weighted by Gasteiger charge is 2.29. The topological polar surface area (TPSA) is 46.8 Å². The number of fused-ring (bicyclic) bond motifs is 9. The standard InChI is InChI=1S/C51H33N5/c1-4-16-34(17-5-1)49-52-50(35-18-6-2-7-19-35)54-51(53-49)36-28-30-38(31-29-36)56-45-27-15-13-24-41(45)43-32-33-46-47(48(43)56)42-25-11-10-22-39(42)40-23-12-14-26-44(40)55(46)37-20-8-3-9-21-37/h1-33H. The van der Waals surface area contributed by atoms with Gasteiger partial charge in [0.15, 0.2) is 17.5 Å². The maximum atomic E-state index is 5.01. The Labute approximate surface area is 324 Å². The summed E-state index contributed by atoms with van der Waals surface area (Å²) in [5, 5.41) is 2.41. The van der Waals surface area contributed by atoms with Crippen LogP contribution >= 0.6 is 0 Å². The van der Waals surface area contributed by atoms with Gasteiger partial charge in [-0.15, -0.1) is 0 Å². The lowest BCUT2D eigenvalue weighted by Crippen LogP contribution is -2.11. The number of hydrogen-bond acceptors (Lipinski definition) is 4. The third-order valence-corrected chi connectivity index (χ3v) is 10.8. The third-order valence-electron chi connectivity index (χ3n) is 10.8. The third kappa shape index (κ3) is 5.13. The second kappa shape index (κ2) is 13.0. The summed E-state index contributed by atoms with van der Waals surface area (Å²) in [5.74, 6) is 1.92. The van der Waals surface area contributed by atoms with E-state index in [0.717, 1.165) is 50.5 Å². The first-order valence-electron chi connectivity index (χ1n) is 18.9. The summed E-state index contributed by atoms with van der Waals surface area (Å²) in [4.78, 5) is 17.3. The Morgan fingerprint density at radius 2 is 0.839 bits per heavy atom. The average Bonchev–Trinajstić information content (AvgIpc) is 3.55. The van der Waals surface area contributed by atoms with E-state index in [-0.39, 0.29) is 0 Å². The Bertz CT molecular complexity index is 3010. The molecule has 262 valence electrons. The first-order chi connectivity index (χ1) is 27.8. The summed E-state index contributed by atoms with van der Waals surface area (Å²) >= 11 is 0. The van der Waals surface area contributed by atoms with Crippen LogP contribution in [0, 0.1) is 0 Å².